The number of nitrogens with one attached hydrogen (secondary N) is 5. The van der Waals surface area contributed by atoms with Crippen LogP contribution in [-0.4, -0.2) is 192 Å². The number of rotatable bonds is 60. The lowest BCUT2D eigenvalue weighted by atomic mass is 9.94. The number of aliphatic carboxylic acids is 5. The van der Waals surface area contributed by atoms with Crippen molar-refractivity contribution in [3.05, 3.63) is 0 Å². The molecule has 27 heteroatoms. The fourth-order valence-corrected chi connectivity index (χ4v) is 8.89. The molecule has 86 heavy (non-hydrogen) atoms. The van der Waals surface area contributed by atoms with Crippen molar-refractivity contribution in [2.24, 2.45) is 11.8 Å². The molecule has 11 N–H and O–H groups in total. The van der Waals surface area contributed by atoms with Crippen LogP contribution in [0.5, 0.6) is 0 Å². The molecule has 27 nitrogen and oxygen atoms in total. The molecule has 0 aliphatic heterocycles. The molecule has 0 aliphatic carbocycles. The summed E-state index contributed by atoms with van der Waals surface area (Å²) in [5.74, 6) is -11.2. The maximum atomic E-state index is 12.7. The Kier molecular flexibility index (Phi) is 48.3. The first-order valence-corrected chi connectivity index (χ1v) is 30.7. The lowest BCUT2D eigenvalue weighted by Crippen LogP contribution is -2.49. The normalized spacial score (nSPS) is 13.2. The van der Waals surface area contributed by atoms with Gasteiger partial charge in [0, 0.05) is 70.6 Å². The van der Waals surface area contributed by atoms with Crippen molar-refractivity contribution in [1.29, 1.82) is 0 Å². The van der Waals surface area contributed by atoms with Gasteiger partial charge in [0.1, 0.15) is 36.9 Å². The fraction of sp³-hybridized carbons (Fsp3) is 0.797. The number of ether oxygens (including phenoxy) is 4. The second-order valence-electron chi connectivity index (χ2n) is 21.5. The van der Waals surface area contributed by atoms with Crippen LogP contribution in [0.1, 0.15) is 200 Å². The van der Waals surface area contributed by atoms with Gasteiger partial charge in [0.25, 0.3) is 0 Å². The van der Waals surface area contributed by atoms with Gasteiger partial charge in [-0.25, -0.2) is 14.4 Å². The second kappa shape index (κ2) is 52.0. The number of unbranched alkanes of at least 4 members (excludes halogenated alkanes) is 14. The van der Waals surface area contributed by atoms with E-state index in [-0.39, 0.29) is 128 Å². The molecule has 0 heterocycles. The van der Waals surface area contributed by atoms with Crippen LogP contribution >= 0.6 is 0 Å². The van der Waals surface area contributed by atoms with E-state index < -0.39 is 102 Å². The highest BCUT2D eigenvalue weighted by atomic mass is 16.5. The first kappa shape index (κ1) is 79.8. The summed E-state index contributed by atoms with van der Waals surface area (Å²) in [6.07, 6.45) is 13.6. The van der Waals surface area contributed by atoms with Gasteiger partial charge in [-0.15, -0.1) is 0 Å². The molecule has 0 aromatic heterocycles. The quantitative estimate of drug-likeness (QED) is 0.0379. The fourth-order valence-electron chi connectivity index (χ4n) is 8.89. The van der Waals surface area contributed by atoms with Gasteiger partial charge in [0.05, 0.1) is 45.1 Å². The third-order valence-electron chi connectivity index (χ3n) is 14.0. The molecule has 494 valence electrons. The number of carboxylic acid groups (broad SMARTS) is 5. The topological polar surface area (TPSA) is 423 Å². The number of hydrogen-bond acceptors (Lipinski definition) is 17. The molecule has 0 spiro atoms. The van der Waals surface area contributed by atoms with Crippen molar-refractivity contribution in [3.8, 4) is 0 Å². The lowest BCUT2D eigenvalue weighted by Gasteiger charge is -2.21. The smallest absolute Gasteiger partial charge is 0.328 e. The van der Waals surface area contributed by atoms with Gasteiger partial charge in [0.15, 0.2) is 6.04 Å². The standard InChI is InChI=1S/C59H101N5O22/c1-3-43(55(74)64-54(42(2)65)59(81)82)21-18-19-31-60-51(70)40-86-38-36-84-34-32-61-52(71)41-85-37-35-83-33-20-22-45(66)26-28-47(57(77)78)63-50(69)30-25-44(56(75)76)39-46(67)27-29-48(58(79)80)62-49(68)23-16-14-12-10-8-6-4-5-7-9-11-13-15-17-24-53(72)73/h42-44,47-48,54,65H,3-41H2,1-2H3,(H,60,70)(H,61,71)(H,62,68)(H,63,69)(H,64,74)(H,72,73)(H,75,76)(H,77,78)(H,79,80)(H,81,82)/t42-,43+,44-,47+,48+,54+/m1/s1. The molecule has 0 saturated carbocycles. The van der Waals surface area contributed by atoms with E-state index >= 15 is 0 Å². The number of aliphatic hydroxyl groups excluding tert-OH is 1. The Morgan fingerprint density at radius 3 is 1.33 bits per heavy atom. The number of carbonyl (C=O) groups excluding carboxylic acids is 7. The summed E-state index contributed by atoms with van der Waals surface area (Å²) >= 11 is 0. The zero-order chi connectivity index (χ0) is 64.3. The third kappa shape index (κ3) is 46.1. The van der Waals surface area contributed by atoms with E-state index in [4.69, 9.17) is 29.2 Å². The second-order valence-corrected chi connectivity index (χ2v) is 21.5. The third-order valence-corrected chi connectivity index (χ3v) is 14.0. The van der Waals surface area contributed by atoms with E-state index in [9.17, 15) is 78.0 Å². The molecule has 0 unspecified atom stereocenters. The van der Waals surface area contributed by atoms with Crippen molar-refractivity contribution in [3.63, 3.8) is 0 Å². The summed E-state index contributed by atoms with van der Waals surface area (Å²) in [5.41, 5.74) is 0. The number of aliphatic hydroxyl groups is 1. The minimum atomic E-state index is -1.44. The molecule has 0 fully saturated rings. The molecular formula is C59H101N5O22. The van der Waals surface area contributed by atoms with Crippen LogP contribution in [0.4, 0.5) is 0 Å². The van der Waals surface area contributed by atoms with E-state index in [1.807, 2.05) is 6.92 Å². The Bertz CT molecular complexity index is 2010. The summed E-state index contributed by atoms with van der Waals surface area (Å²) in [7, 11) is 0. The summed E-state index contributed by atoms with van der Waals surface area (Å²) < 4.78 is 21.4. The molecule has 6 atom stereocenters. The highest BCUT2D eigenvalue weighted by molar-refractivity contribution is 5.88. The van der Waals surface area contributed by atoms with E-state index in [1.54, 1.807) is 0 Å². The van der Waals surface area contributed by atoms with Crippen LogP contribution in [0.25, 0.3) is 0 Å². The minimum Gasteiger partial charge on any atom is -0.481 e. The monoisotopic (exact) mass is 1230 g/mol. The van der Waals surface area contributed by atoms with Crippen molar-refractivity contribution >= 4 is 70.9 Å². The van der Waals surface area contributed by atoms with Gasteiger partial charge >= 0.3 is 29.8 Å². The van der Waals surface area contributed by atoms with Crippen LogP contribution in [0.15, 0.2) is 0 Å². The molecule has 0 aromatic rings. The van der Waals surface area contributed by atoms with Gasteiger partial charge in [-0.3, -0.25) is 43.2 Å². The number of Topliss-reactive ketones (excluding diaryl/α,β-unsaturated/α-hetero) is 2. The Hall–Kier alpha value is -6.16. The summed E-state index contributed by atoms with van der Waals surface area (Å²) in [4.78, 5) is 144. The molecule has 0 aromatic carbocycles. The number of carbonyl (C=O) groups is 12. The summed E-state index contributed by atoms with van der Waals surface area (Å²) in [6, 6.07) is -4.18. The van der Waals surface area contributed by atoms with Gasteiger partial charge in [0.2, 0.25) is 29.5 Å². The molecule has 0 aliphatic rings. The van der Waals surface area contributed by atoms with Gasteiger partial charge in [-0.2, -0.15) is 0 Å². The number of amides is 5. The average molecular weight is 1230 g/mol. The van der Waals surface area contributed by atoms with E-state index in [0.717, 1.165) is 64.2 Å². The van der Waals surface area contributed by atoms with Crippen LogP contribution in [0, 0.1) is 11.8 Å². The van der Waals surface area contributed by atoms with Crippen LogP contribution in [0.3, 0.4) is 0 Å². The first-order chi connectivity index (χ1) is 41.1. The maximum Gasteiger partial charge on any atom is 0.328 e. The Morgan fingerprint density at radius 1 is 0.384 bits per heavy atom. The summed E-state index contributed by atoms with van der Waals surface area (Å²) in [5, 5.41) is 68.9. The highest BCUT2D eigenvalue weighted by Gasteiger charge is 2.29. The largest absolute Gasteiger partial charge is 0.481 e. The van der Waals surface area contributed by atoms with Crippen LogP contribution in [-0.2, 0) is 76.5 Å². The molecule has 0 saturated heterocycles. The van der Waals surface area contributed by atoms with Gasteiger partial charge < -0.3 is 76.2 Å². The van der Waals surface area contributed by atoms with Crippen molar-refractivity contribution < 1.29 is 107 Å². The highest BCUT2D eigenvalue weighted by Crippen LogP contribution is 2.18. The predicted molar refractivity (Wildman–Crippen MR) is 312 cm³/mol. The number of hydrogen-bond donors (Lipinski definition) is 11. The molecular weight excluding hydrogens is 1130 g/mol. The summed E-state index contributed by atoms with van der Waals surface area (Å²) in [6.45, 7) is 4.13. The van der Waals surface area contributed by atoms with Gasteiger partial charge in [-0.05, 0) is 64.7 Å². The Labute approximate surface area is 505 Å². The number of ketones is 2. The van der Waals surface area contributed by atoms with E-state index in [0.29, 0.717) is 45.1 Å². The Morgan fingerprint density at radius 2 is 0.849 bits per heavy atom. The van der Waals surface area contributed by atoms with Crippen LogP contribution < -0.4 is 26.6 Å². The van der Waals surface area contributed by atoms with Crippen LogP contribution in [0.2, 0.25) is 0 Å². The lowest BCUT2D eigenvalue weighted by molar-refractivity contribution is -0.145. The van der Waals surface area contributed by atoms with E-state index in [1.165, 1.54) is 26.2 Å². The van der Waals surface area contributed by atoms with E-state index in [2.05, 4.69) is 26.6 Å². The van der Waals surface area contributed by atoms with Crippen molar-refractivity contribution in [2.75, 3.05) is 65.9 Å². The zero-order valence-corrected chi connectivity index (χ0v) is 50.8. The zero-order valence-electron chi connectivity index (χ0n) is 50.8. The molecule has 5 amide bonds. The molecule has 0 rings (SSSR count). The maximum absolute atomic E-state index is 12.7. The first-order valence-electron chi connectivity index (χ1n) is 30.7. The minimum absolute atomic E-state index is 0.0619. The molecule has 0 radical (unpaired) electrons. The Balaban J connectivity index is 4.15. The predicted octanol–water partition coefficient (Wildman–Crippen LogP) is 4.25. The van der Waals surface area contributed by atoms with Gasteiger partial charge in [-0.1, -0.05) is 90.4 Å². The molecule has 0 bridgehead atoms. The van der Waals surface area contributed by atoms with Crippen molar-refractivity contribution in [2.45, 2.75) is 224 Å². The average Bonchev–Trinajstić information content (AvgIpc) is 3.67. The SMILES string of the molecule is CC[C@@H](CCCCNC(=O)COCCOCCNC(=O)COCCOCCCC(=O)CC[C@H](NC(=O)CC[C@H](CC(=O)CC[C@H](NC(=O)CCCCCCCCCCCCCCCCC(=O)O)C(=O)O)C(=O)O)C(=O)O)C(=O)N[C@H](C(=O)O)[C@@H](C)O. The van der Waals surface area contributed by atoms with Crippen molar-refractivity contribution in [1.82, 2.24) is 26.6 Å². The number of carboxylic acids is 5.